The fourth-order valence-corrected chi connectivity index (χ4v) is 9.29. The van der Waals surface area contributed by atoms with Gasteiger partial charge in [0, 0.05) is 45.9 Å². The van der Waals surface area contributed by atoms with Crippen molar-refractivity contribution in [1.82, 2.24) is 19.9 Å². The molecule has 0 amide bonds. The molecule has 13 heteroatoms. The molecule has 0 radical (unpaired) electrons. The maximum Gasteiger partial charge on any atom is 0.319 e. The van der Waals surface area contributed by atoms with E-state index in [-0.39, 0.29) is 64.3 Å². The average molecular weight is 717 g/mol. The number of piperidine rings is 1. The molecule has 4 aromatic rings. The van der Waals surface area contributed by atoms with Gasteiger partial charge in [-0.15, -0.1) is 0 Å². The predicted molar refractivity (Wildman–Crippen MR) is 191 cm³/mol. The first-order valence-electron chi connectivity index (χ1n) is 17.8. The van der Waals surface area contributed by atoms with Gasteiger partial charge in [-0.3, -0.25) is 4.90 Å². The normalized spacial score (nSPS) is 28.2. The van der Waals surface area contributed by atoms with Crippen LogP contribution in [0.25, 0.3) is 32.9 Å². The van der Waals surface area contributed by atoms with Crippen molar-refractivity contribution < 1.29 is 28.8 Å². The van der Waals surface area contributed by atoms with E-state index in [9.17, 15) is 15.5 Å². The topological polar surface area (TPSA) is 137 Å². The van der Waals surface area contributed by atoms with Crippen molar-refractivity contribution in [3.05, 3.63) is 41.2 Å². The Bertz CT molecular complexity index is 2040. The average Bonchev–Trinajstić information content (AvgIpc) is 3.44. The lowest BCUT2D eigenvalue weighted by molar-refractivity contribution is -0.0472. The van der Waals surface area contributed by atoms with E-state index in [1.54, 1.807) is 31.2 Å². The van der Waals surface area contributed by atoms with Crippen LogP contribution in [0.4, 0.5) is 10.2 Å². The smallest absolute Gasteiger partial charge is 0.319 e. The summed E-state index contributed by atoms with van der Waals surface area (Å²) in [5.41, 5.74) is -1.19. The minimum atomic E-state index is -1.21. The second kappa shape index (κ2) is 13.2. The van der Waals surface area contributed by atoms with Gasteiger partial charge in [0.05, 0.1) is 39.5 Å². The quantitative estimate of drug-likeness (QED) is 0.224. The number of anilines is 1. The first kappa shape index (κ1) is 34.1. The van der Waals surface area contributed by atoms with Gasteiger partial charge in [0.2, 0.25) is 5.88 Å². The lowest BCUT2D eigenvalue weighted by Crippen LogP contribution is -2.58. The van der Waals surface area contributed by atoms with Crippen LogP contribution in [0.1, 0.15) is 51.9 Å². The molecule has 268 valence electrons. The molecule has 0 bridgehead atoms. The van der Waals surface area contributed by atoms with Crippen LogP contribution in [-0.2, 0) is 4.74 Å². The van der Waals surface area contributed by atoms with Crippen LogP contribution in [0.5, 0.6) is 17.6 Å². The van der Waals surface area contributed by atoms with Crippen LogP contribution in [-0.4, -0.2) is 94.3 Å². The van der Waals surface area contributed by atoms with Crippen molar-refractivity contribution >= 4 is 39.1 Å². The number of ether oxygens (including phenoxy) is 3. The molecule has 4 heterocycles. The maximum absolute atomic E-state index is 17.2. The zero-order chi connectivity index (χ0) is 35.5. The van der Waals surface area contributed by atoms with E-state index in [0.29, 0.717) is 53.5 Å². The molecule has 11 nitrogen and oxygen atoms in total. The Kier molecular flexibility index (Phi) is 8.82. The van der Waals surface area contributed by atoms with Crippen LogP contribution in [0.2, 0.25) is 5.02 Å². The van der Waals surface area contributed by atoms with Gasteiger partial charge >= 0.3 is 6.01 Å². The molecule has 2 aliphatic heterocycles. The highest BCUT2D eigenvalue weighted by Gasteiger charge is 2.51. The van der Waals surface area contributed by atoms with Crippen LogP contribution in [0.3, 0.4) is 0 Å². The number of aromatic nitrogens is 3. The van der Waals surface area contributed by atoms with Gasteiger partial charge in [0.25, 0.3) is 0 Å². The number of likely N-dealkylation sites (tertiary alicyclic amines) is 1. The number of phenolic OH excluding ortho intramolecular Hbond substituents is 1. The Labute approximate surface area is 300 Å². The summed E-state index contributed by atoms with van der Waals surface area (Å²) in [6.45, 7) is 4.06. The van der Waals surface area contributed by atoms with Gasteiger partial charge in [0.1, 0.15) is 33.8 Å². The van der Waals surface area contributed by atoms with Crippen LogP contribution in [0.15, 0.2) is 30.3 Å². The number of methoxy groups -OCH3 is 1. The number of fused-ring (bicyclic) bond motifs is 3. The Morgan fingerprint density at radius 2 is 1.96 bits per heavy atom. The number of aromatic hydroxyl groups is 1. The van der Waals surface area contributed by atoms with E-state index >= 15 is 4.39 Å². The number of benzene rings is 2. The number of hydrogen-bond acceptors (Lipinski definition) is 11. The van der Waals surface area contributed by atoms with E-state index in [1.807, 2.05) is 4.90 Å². The van der Waals surface area contributed by atoms with Crippen LogP contribution < -0.4 is 14.4 Å². The molecule has 2 aromatic heterocycles. The van der Waals surface area contributed by atoms with Gasteiger partial charge in [0.15, 0.2) is 5.82 Å². The van der Waals surface area contributed by atoms with E-state index in [2.05, 4.69) is 16.0 Å². The van der Waals surface area contributed by atoms with Gasteiger partial charge in [-0.05, 0) is 75.6 Å². The number of phenols is 1. The lowest BCUT2D eigenvalue weighted by Gasteiger charge is -2.52. The molecule has 2 aliphatic carbocycles. The molecule has 2 saturated carbocycles. The largest absolute Gasteiger partial charge is 0.508 e. The van der Waals surface area contributed by atoms with E-state index in [0.717, 1.165) is 51.5 Å². The SMILES string of the molecule is COc1nc(-c2cc(O)cc3cccc(Cl)c23)c(F)c2nc(OCC34CCCC3N(C3CC(C#N)C3)CCC4)nc(N3CCOCC(C)(O)C3)c12. The molecule has 4 aliphatic rings. The number of aliphatic hydroxyl groups is 1. The first-order valence-corrected chi connectivity index (χ1v) is 18.2. The van der Waals surface area contributed by atoms with E-state index < -0.39 is 11.4 Å². The summed E-state index contributed by atoms with van der Waals surface area (Å²) in [6, 6.07) is 11.5. The number of hydrogen-bond donors (Lipinski definition) is 2. The predicted octanol–water partition coefficient (Wildman–Crippen LogP) is 6.25. The van der Waals surface area contributed by atoms with Gasteiger partial charge in [-0.1, -0.05) is 30.2 Å². The summed E-state index contributed by atoms with van der Waals surface area (Å²) in [4.78, 5) is 18.7. The van der Waals surface area contributed by atoms with E-state index in [1.165, 1.54) is 13.2 Å². The summed E-state index contributed by atoms with van der Waals surface area (Å²) in [5.74, 6) is -0.293. The molecular weight excluding hydrogens is 675 g/mol. The summed E-state index contributed by atoms with van der Waals surface area (Å²) >= 11 is 6.65. The number of pyridine rings is 1. The number of rotatable bonds is 7. The molecule has 2 saturated heterocycles. The van der Waals surface area contributed by atoms with Crippen molar-refractivity contribution in [1.29, 1.82) is 5.26 Å². The summed E-state index contributed by atoms with van der Waals surface area (Å²) in [6.07, 6.45) is 7.07. The third kappa shape index (κ3) is 6.08. The monoisotopic (exact) mass is 716 g/mol. The Balaban J connectivity index is 1.24. The molecule has 3 unspecified atom stereocenters. The molecule has 51 heavy (non-hydrogen) atoms. The van der Waals surface area contributed by atoms with Crippen molar-refractivity contribution in [3.63, 3.8) is 0 Å². The number of halogens is 2. The zero-order valence-corrected chi connectivity index (χ0v) is 29.6. The molecule has 0 spiro atoms. The Morgan fingerprint density at radius 1 is 1.14 bits per heavy atom. The third-order valence-corrected chi connectivity index (χ3v) is 11.7. The van der Waals surface area contributed by atoms with Crippen LogP contribution >= 0.6 is 11.6 Å². The highest BCUT2D eigenvalue weighted by molar-refractivity contribution is 6.36. The molecular formula is C38H42ClFN6O5. The lowest BCUT2D eigenvalue weighted by atomic mass is 9.72. The fourth-order valence-electron chi connectivity index (χ4n) is 9.01. The van der Waals surface area contributed by atoms with Crippen LogP contribution in [0, 0.1) is 28.5 Å². The number of nitriles is 1. The number of β-amino-alcohol motifs (C(OH)–C–C–N with tert-alkyl or cyclic N) is 1. The third-order valence-electron chi connectivity index (χ3n) is 11.4. The maximum atomic E-state index is 17.2. The van der Waals surface area contributed by atoms with E-state index in [4.69, 9.17) is 35.8 Å². The second-order valence-corrected chi connectivity index (χ2v) is 15.4. The van der Waals surface area contributed by atoms with Gasteiger partial charge in [-0.25, -0.2) is 9.37 Å². The van der Waals surface area contributed by atoms with Gasteiger partial charge < -0.3 is 29.3 Å². The second-order valence-electron chi connectivity index (χ2n) is 15.0. The summed E-state index contributed by atoms with van der Waals surface area (Å²) < 4.78 is 35.3. The number of nitrogens with zero attached hydrogens (tertiary/aromatic N) is 6. The summed E-state index contributed by atoms with van der Waals surface area (Å²) in [7, 11) is 1.45. The fraction of sp³-hybridized carbons (Fsp3) is 0.526. The molecule has 3 atom stereocenters. The molecule has 2 aromatic carbocycles. The Morgan fingerprint density at radius 3 is 2.76 bits per heavy atom. The highest BCUT2D eigenvalue weighted by Crippen LogP contribution is 2.51. The first-order chi connectivity index (χ1) is 24.6. The van der Waals surface area contributed by atoms with Gasteiger partial charge in [-0.2, -0.15) is 15.2 Å². The Hall–Kier alpha value is -4.02. The molecule has 2 N–H and O–H groups in total. The highest BCUT2D eigenvalue weighted by atomic mass is 35.5. The zero-order valence-electron chi connectivity index (χ0n) is 28.9. The molecule has 8 rings (SSSR count). The van der Waals surface area contributed by atoms with Crippen molar-refractivity contribution in [2.75, 3.05) is 51.5 Å². The standard InChI is InChI=1S/C38H42ClFN6O5/c1-37(48)19-45(12-13-50-20-37)34-30-33(31(40)32(42-35(30)49-2)26-17-25(47)16-23-6-3-7-27(39)29(23)26)43-36(44-34)51-21-38-9-4-8-28(38)46(11-5-10-38)24-14-22(15-24)18-41/h3,6-7,16-17,22,24,28,47-48H,4-5,8-15,19-21H2,1-2H3. The molecule has 4 fully saturated rings. The minimum Gasteiger partial charge on any atom is -0.508 e. The minimum absolute atomic E-state index is 0.0181. The van der Waals surface area contributed by atoms with Crippen molar-refractivity contribution in [3.8, 4) is 35.0 Å². The summed E-state index contributed by atoms with van der Waals surface area (Å²) in [5, 5.41) is 33.0. The van der Waals surface area contributed by atoms with Crippen molar-refractivity contribution in [2.24, 2.45) is 11.3 Å². The van der Waals surface area contributed by atoms with Crippen molar-refractivity contribution in [2.45, 2.75) is 69.6 Å².